The molecule has 5 heterocycles. The molecule has 3 fully saturated rings. The average molecular weight is 451 g/mol. The molecule has 0 aromatic carbocycles. The minimum atomic E-state index is -0.276. The van der Waals surface area contributed by atoms with Crippen LogP contribution in [0.2, 0.25) is 0 Å². The molecular formula is C25H31FN6O. The third-order valence-electron chi connectivity index (χ3n) is 7.27. The summed E-state index contributed by atoms with van der Waals surface area (Å²) in [4.78, 5) is 19.5. The van der Waals surface area contributed by atoms with E-state index >= 15 is 0 Å². The van der Waals surface area contributed by atoms with Gasteiger partial charge in [0.1, 0.15) is 5.82 Å². The lowest BCUT2D eigenvalue weighted by molar-refractivity contribution is -0.165. The summed E-state index contributed by atoms with van der Waals surface area (Å²) >= 11 is 0. The number of halogens is 1. The van der Waals surface area contributed by atoms with Crippen LogP contribution in [0.4, 0.5) is 10.3 Å². The summed E-state index contributed by atoms with van der Waals surface area (Å²) in [7, 11) is 3.87. The fraction of sp³-hybridized carbons (Fsp3) is 0.520. The van der Waals surface area contributed by atoms with E-state index in [1.165, 1.54) is 6.20 Å². The molecule has 33 heavy (non-hydrogen) atoms. The van der Waals surface area contributed by atoms with Crippen LogP contribution in [0.15, 0.2) is 30.7 Å². The van der Waals surface area contributed by atoms with Crippen molar-refractivity contribution in [3.63, 3.8) is 0 Å². The van der Waals surface area contributed by atoms with Gasteiger partial charge in [0.05, 0.1) is 29.4 Å². The van der Waals surface area contributed by atoms with Crippen molar-refractivity contribution in [3.05, 3.63) is 53.4 Å². The molecule has 3 aliphatic rings. The van der Waals surface area contributed by atoms with Gasteiger partial charge in [-0.15, -0.1) is 0 Å². The Morgan fingerprint density at radius 1 is 1.06 bits per heavy atom. The Hall–Kier alpha value is -2.71. The standard InChI is InChI=1S/C25H31FN6O/c1-17-4-5-21-22(31-17)19(20(26)15-27-21)6-7-25-10-8-24(9-11-25,16-33-25)30-14-18-12-28-23(29-13-18)32(2)3/h4-5,12-13,15,30H,6-11,14,16H2,1-3H3. The molecule has 0 unspecified atom stereocenters. The zero-order chi connectivity index (χ0) is 23.1. The Balaban J connectivity index is 1.21. The van der Waals surface area contributed by atoms with Crippen molar-refractivity contribution in [1.29, 1.82) is 0 Å². The third kappa shape index (κ3) is 4.42. The Bertz CT molecular complexity index is 1120. The number of nitrogens with one attached hydrogen (secondary N) is 1. The molecule has 2 aliphatic heterocycles. The molecule has 0 spiro atoms. The topological polar surface area (TPSA) is 76.1 Å². The predicted octanol–water partition coefficient (Wildman–Crippen LogP) is 3.74. The van der Waals surface area contributed by atoms with Crippen LogP contribution < -0.4 is 10.2 Å². The average Bonchev–Trinajstić information content (AvgIpc) is 2.84. The molecule has 0 atom stereocenters. The first kappa shape index (κ1) is 22.1. The molecule has 3 aromatic rings. The molecule has 0 amide bonds. The van der Waals surface area contributed by atoms with Crippen LogP contribution in [0.25, 0.3) is 11.0 Å². The highest BCUT2D eigenvalue weighted by molar-refractivity contribution is 5.77. The lowest BCUT2D eigenvalue weighted by Crippen LogP contribution is -2.61. The third-order valence-corrected chi connectivity index (χ3v) is 7.27. The van der Waals surface area contributed by atoms with Crippen molar-refractivity contribution in [2.75, 3.05) is 25.6 Å². The normalized spacial score (nSPS) is 24.4. The van der Waals surface area contributed by atoms with Crippen LogP contribution in [0.3, 0.4) is 0 Å². The summed E-state index contributed by atoms with van der Waals surface area (Å²) < 4.78 is 21.1. The van der Waals surface area contributed by atoms with Gasteiger partial charge >= 0.3 is 0 Å². The first-order valence-electron chi connectivity index (χ1n) is 11.7. The highest BCUT2D eigenvalue weighted by atomic mass is 19.1. The van der Waals surface area contributed by atoms with E-state index in [9.17, 15) is 4.39 Å². The van der Waals surface area contributed by atoms with E-state index in [-0.39, 0.29) is 17.0 Å². The predicted molar refractivity (Wildman–Crippen MR) is 126 cm³/mol. The monoisotopic (exact) mass is 450 g/mol. The first-order chi connectivity index (χ1) is 15.9. The molecule has 7 nitrogen and oxygen atoms in total. The molecule has 2 bridgehead atoms. The number of fused-ring (bicyclic) bond motifs is 4. The summed E-state index contributed by atoms with van der Waals surface area (Å²) in [5.41, 5.74) is 3.84. The van der Waals surface area contributed by atoms with Gasteiger partial charge in [-0.2, -0.15) is 0 Å². The Morgan fingerprint density at radius 3 is 2.48 bits per heavy atom. The minimum absolute atomic E-state index is 0.00471. The van der Waals surface area contributed by atoms with Crippen molar-refractivity contribution >= 4 is 17.0 Å². The lowest BCUT2D eigenvalue weighted by atomic mass is 9.69. The number of aromatic nitrogens is 4. The maximum atomic E-state index is 14.7. The van der Waals surface area contributed by atoms with Crippen molar-refractivity contribution in [2.24, 2.45) is 0 Å². The smallest absolute Gasteiger partial charge is 0.224 e. The zero-order valence-electron chi connectivity index (χ0n) is 19.6. The van der Waals surface area contributed by atoms with Gasteiger partial charge in [0.15, 0.2) is 0 Å². The van der Waals surface area contributed by atoms with Gasteiger partial charge in [-0.1, -0.05) is 0 Å². The summed E-state index contributed by atoms with van der Waals surface area (Å²) in [6.45, 7) is 3.33. The zero-order valence-corrected chi connectivity index (χ0v) is 19.6. The number of rotatable bonds is 7. The van der Waals surface area contributed by atoms with E-state index in [0.717, 1.165) is 55.4 Å². The van der Waals surface area contributed by atoms with Crippen molar-refractivity contribution in [1.82, 2.24) is 25.3 Å². The van der Waals surface area contributed by atoms with E-state index in [2.05, 4.69) is 25.3 Å². The molecule has 8 heteroatoms. The van der Waals surface area contributed by atoms with E-state index in [1.807, 2.05) is 50.4 Å². The number of aryl methyl sites for hydroxylation is 2. The van der Waals surface area contributed by atoms with Crippen LogP contribution >= 0.6 is 0 Å². The van der Waals surface area contributed by atoms with Gasteiger partial charge in [0.25, 0.3) is 0 Å². The van der Waals surface area contributed by atoms with E-state index < -0.39 is 0 Å². The second-order valence-electron chi connectivity index (χ2n) is 9.80. The van der Waals surface area contributed by atoms with Crippen molar-refractivity contribution < 1.29 is 9.13 Å². The van der Waals surface area contributed by atoms with Crippen molar-refractivity contribution in [2.45, 2.75) is 63.1 Å². The van der Waals surface area contributed by atoms with Crippen LogP contribution in [0.5, 0.6) is 0 Å². The summed E-state index contributed by atoms with van der Waals surface area (Å²) in [5.74, 6) is 0.436. The van der Waals surface area contributed by atoms with Crippen LogP contribution in [0.1, 0.15) is 48.9 Å². The number of hydrogen-bond donors (Lipinski definition) is 1. The molecule has 0 radical (unpaired) electrons. The second kappa shape index (κ2) is 8.57. The number of nitrogens with zero attached hydrogens (tertiary/aromatic N) is 5. The van der Waals surface area contributed by atoms with E-state index in [0.29, 0.717) is 30.1 Å². The summed E-state index contributed by atoms with van der Waals surface area (Å²) in [5, 5.41) is 3.72. The molecule has 1 aliphatic carbocycles. The molecule has 3 aromatic heterocycles. The van der Waals surface area contributed by atoms with Crippen LogP contribution in [-0.4, -0.2) is 51.8 Å². The number of ether oxygens (including phenoxy) is 1. The minimum Gasteiger partial charge on any atom is -0.373 e. The molecular weight excluding hydrogens is 419 g/mol. The fourth-order valence-electron chi connectivity index (χ4n) is 5.06. The van der Waals surface area contributed by atoms with Gasteiger partial charge in [-0.05, 0) is 57.6 Å². The Labute approximate surface area is 193 Å². The summed E-state index contributed by atoms with van der Waals surface area (Å²) in [6.07, 6.45) is 10.6. The molecule has 174 valence electrons. The Kier molecular flexibility index (Phi) is 5.74. The Morgan fingerprint density at radius 2 is 1.82 bits per heavy atom. The van der Waals surface area contributed by atoms with Gasteiger partial charge in [0.2, 0.25) is 5.95 Å². The maximum absolute atomic E-state index is 14.7. The fourth-order valence-corrected chi connectivity index (χ4v) is 5.06. The van der Waals surface area contributed by atoms with Gasteiger partial charge in [-0.3, -0.25) is 9.97 Å². The molecule has 1 saturated carbocycles. The molecule has 6 rings (SSSR count). The lowest BCUT2D eigenvalue weighted by Gasteiger charge is -2.53. The quantitative estimate of drug-likeness (QED) is 0.588. The highest BCUT2D eigenvalue weighted by Crippen LogP contribution is 2.46. The second-order valence-corrected chi connectivity index (χ2v) is 9.80. The number of hydrogen-bond acceptors (Lipinski definition) is 7. The SMILES string of the molecule is Cc1ccc2ncc(F)c(CCC34CCC(NCc5cnc(N(C)C)nc5)(CC3)CO4)c2n1. The van der Waals surface area contributed by atoms with Crippen molar-refractivity contribution in [3.8, 4) is 0 Å². The number of anilines is 1. The van der Waals surface area contributed by atoms with Gasteiger partial charge in [-0.25, -0.2) is 14.4 Å². The summed E-state index contributed by atoms with van der Waals surface area (Å²) in [6, 6.07) is 3.83. The largest absolute Gasteiger partial charge is 0.373 e. The van der Waals surface area contributed by atoms with E-state index in [4.69, 9.17) is 4.74 Å². The maximum Gasteiger partial charge on any atom is 0.224 e. The highest BCUT2D eigenvalue weighted by Gasteiger charge is 2.49. The number of pyridine rings is 2. The van der Waals surface area contributed by atoms with Crippen LogP contribution in [0, 0.1) is 12.7 Å². The van der Waals surface area contributed by atoms with Crippen LogP contribution in [-0.2, 0) is 17.7 Å². The van der Waals surface area contributed by atoms with E-state index in [1.54, 1.807) is 0 Å². The van der Waals surface area contributed by atoms with Gasteiger partial charge < -0.3 is 15.0 Å². The molecule has 2 saturated heterocycles. The molecule has 1 N–H and O–H groups in total. The first-order valence-corrected chi connectivity index (χ1v) is 11.7. The van der Waals surface area contributed by atoms with Gasteiger partial charge in [0, 0.05) is 55.4 Å².